The number of hydrogen-bond donors (Lipinski definition) is 1. The number of amides is 1. The van der Waals surface area contributed by atoms with E-state index in [2.05, 4.69) is 5.32 Å². The Morgan fingerprint density at radius 3 is 2.59 bits per heavy atom. The molecule has 2 aromatic carbocycles. The first kappa shape index (κ1) is 19.5. The van der Waals surface area contributed by atoms with Gasteiger partial charge in [0.05, 0.1) is 9.92 Å². The molecule has 0 radical (unpaired) electrons. The zero-order valence-corrected chi connectivity index (χ0v) is 15.9. The molecule has 1 amide bonds. The van der Waals surface area contributed by atoms with Gasteiger partial charge in [-0.1, -0.05) is 23.7 Å². The van der Waals surface area contributed by atoms with Crippen LogP contribution >= 0.6 is 11.6 Å². The molecular weight excluding hydrogens is 391 g/mol. The molecule has 0 atom stereocenters. The first-order chi connectivity index (χ1) is 12.9. The Bertz CT molecular complexity index is 986. The highest BCUT2D eigenvalue weighted by Gasteiger charge is 2.27. The Kier molecular flexibility index (Phi) is 5.94. The van der Waals surface area contributed by atoms with Gasteiger partial charge in [0, 0.05) is 24.9 Å². The third-order valence-electron chi connectivity index (χ3n) is 4.18. The van der Waals surface area contributed by atoms with Crippen LogP contribution in [0.5, 0.6) is 0 Å². The van der Waals surface area contributed by atoms with Crippen molar-refractivity contribution in [1.82, 2.24) is 4.31 Å². The molecule has 1 heterocycles. The molecule has 0 aliphatic carbocycles. The van der Waals surface area contributed by atoms with Crippen molar-refractivity contribution in [2.75, 3.05) is 18.4 Å². The number of anilines is 1. The molecule has 0 spiro atoms. The SMILES string of the molecule is O=C(C=Cc1ccc(F)c(Cl)c1)Nc1cccc(S(=O)(=O)N2CCCC2)c1. The number of nitrogens with zero attached hydrogens (tertiary/aromatic N) is 1. The van der Waals surface area contributed by atoms with Crippen LogP contribution in [0.25, 0.3) is 6.08 Å². The zero-order chi connectivity index (χ0) is 19.4. The third-order valence-corrected chi connectivity index (χ3v) is 6.36. The molecule has 1 saturated heterocycles. The summed E-state index contributed by atoms with van der Waals surface area (Å²) >= 11 is 5.70. The minimum absolute atomic E-state index is 0.0302. The fourth-order valence-corrected chi connectivity index (χ4v) is 4.54. The van der Waals surface area contributed by atoms with Gasteiger partial charge in [-0.2, -0.15) is 4.31 Å². The molecular formula is C19H18ClFN2O3S. The number of halogens is 2. The van der Waals surface area contributed by atoms with Crippen molar-refractivity contribution < 1.29 is 17.6 Å². The molecule has 1 fully saturated rings. The van der Waals surface area contributed by atoms with E-state index < -0.39 is 21.7 Å². The van der Waals surface area contributed by atoms with Crippen LogP contribution in [0.2, 0.25) is 5.02 Å². The van der Waals surface area contributed by atoms with Gasteiger partial charge >= 0.3 is 0 Å². The van der Waals surface area contributed by atoms with Gasteiger partial charge in [-0.15, -0.1) is 0 Å². The smallest absolute Gasteiger partial charge is 0.248 e. The Morgan fingerprint density at radius 2 is 1.89 bits per heavy atom. The van der Waals surface area contributed by atoms with Gasteiger partial charge in [0.25, 0.3) is 0 Å². The third kappa shape index (κ3) is 4.74. The van der Waals surface area contributed by atoms with Crippen LogP contribution in [0.1, 0.15) is 18.4 Å². The molecule has 1 aliphatic rings. The predicted octanol–water partition coefficient (Wildman–Crippen LogP) is 3.92. The molecule has 2 aromatic rings. The van der Waals surface area contributed by atoms with Crippen LogP contribution in [-0.2, 0) is 14.8 Å². The van der Waals surface area contributed by atoms with Gasteiger partial charge in [-0.3, -0.25) is 4.79 Å². The maximum Gasteiger partial charge on any atom is 0.248 e. The van der Waals surface area contributed by atoms with Crippen molar-refractivity contribution in [1.29, 1.82) is 0 Å². The van der Waals surface area contributed by atoms with Crippen LogP contribution in [0.3, 0.4) is 0 Å². The summed E-state index contributed by atoms with van der Waals surface area (Å²) in [7, 11) is -3.55. The molecule has 3 rings (SSSR count). The highest BCUT2D eigenvalue weighted by atomic mass is 35.5. The Labute approximate surface area is 162 Å². The van der Waals surface area contributed by atoms with Crippen molar-refractivity contribution in [2.45, 2.75) is 17.7 Å². The van der Waals surface area contributed by atoms with E-state index in [1.54, 1.807) is 12.1 Å². The van der Waals surface area contributed by atoms with Crippen LogP contribution < -0.4 is 5.32 Å². The van der Waals surface area contributed by atoms with E-state index in [0.717, 1.165) is 12.8 Å². The molecule has 27 heavy (non-hydrogen) atoms. The summed E-state index contributed by atoms with van der Waals surface area (Å²) in [6.07, 6.45) is 4.47. The van der Waals surface area contributed by atoms with Crippen LogP contribution in [0, 0.1) is 5.82 Å². The predicted molar refractivity (Wildman–Crippen MR) is 104 cm³/mol. The molecule has 1 aliphatic heterocycles. The standard InChI is InChI=1S/C19H18ClFN2O3S/c20-17-12-14(6-8-18(17)21)7-9-19(24)22-15-4-3-5-16(13-15)27(25,26)23-10-1-2-11-23/h3-9,12-13H,1-2,10-11H2,(H,22,24). The fraction of sp³-hybridized carbons (Fsp3) is 0.211. The van der Waals surface area contributed by atoms with Crippen molar-refractivity contribution >= 4 is 39.3 Å². The number of rotatable bonds is 5. The summed E-state index contributed by atoms with van der Waals surface area (Å²) in [6, 6.07) is 10.3. The second-order valence-corrected chi connectivity index (χ2v) is 8.48. The summed E-state index contributed by atoms with van der Waals surface area (Å²) < 4.78 is 39.8. The number of carbonyl (C=O) groups excluding carboxylic acids is 1. The van der Waals surface area contributed by atoms with E-state index in [0.29, 0.717) is 24.3 Å². The Balaban J connectivity index is 1.71. The number of nitrogens with one attached hydrogen (secondary N) is 1. The molecule has 0 aromatic heterocycles. The van der Waals surface area contributed by atoms with Crippen molar-refractivity contribution in [3.63, 3.8) is 0 Å². The lowest BCUT2D eigenvalue weighted by Gasteiger charge is -2.16. The van der Waals surface area contributed by atoms with Crippen molar-refractivity contribution in [2.24, 2.45) is 0 Å². The van der Waals surface area contributed by atoms with Gasteiger partial charge in [0.2, 0.25) is 15.9 Å². The molecule has 8 heteroatoms. The first-order valence-electron chi connectivity index (χ1n) is 8.40. The number of sulfonamides is 1. The normalized spacial score (nSPS) is 15.3. The van der Waals surface area contributed by atoms with Crippen LogP contribution in [0.4, 0.5) is 10.1 Å². The van der Waals surface area contributed by atoms with E-state index in [-0.39, 0.29) is 9.92 Å². The Hall–Kier alpha value is -2.22. The highest BCUT2D eigenvalue weighted by molar-refractivity contribution is 7.89. The average Bonchev–Trinajstić information content (AvgIpc) is 3.18. The second kappa shape index (κ2) is 8.21. The summed E-state index contributed by atoms with van der Waals surface area (Å²) in [4.78, 5) is 12.2. The van der Waals surface area contributed by atoms with Crippen LogP contribution in [0.15, 0.2) is 53.4 Å². The van der Waals surface area contributed by atoms with E-state index in [1.165, 1.54) is 46.8 Å². The van der Waals surface area contributed by atoms with Gasteiger partial charge in [0.1, 0.15) is 5.82 Å². The molecule has 0 unspecified atom stereocenters. The number of benzene rings is 2. The van der Waals surface area contributed by atoms with Crippen LogP contribution in [-0.4, -0.2) is 31.7 Å². The maximum atomic E-state index is 13.1. The maximum absolute atomic E-state index is 13.1. The quantitative estimate of drug-likeness (QED) is 0.762. The van der Waals surface area contributed by atoms with E-state index >= 15 is 0 Å². The molecule has 0 saturated carbocycles. The van der Waals surface area contributed by atoms with E-state index in [1.807, 2.05) is 0 Å². The molecule has 142 valence electrons. The summed E-state index contributed by atoms with van der Waals surface area (Å²) in [6.45, 7) is 1.03. The van der Waals surface area contributed by atoms with E-state index in [9.17, 15) is 17.6 Å². The average molecular weight is 409 g/mol. The lowest BCUT2D eigenvalue weighted by Crippen LogP contribution is -2.27. The van der Waals surface area contributed by atoms with Crippen molar-refractivity contribution in [3.8, 4) is 0 Å². The lowest BCUT2D eigenvalue weighted by molar-refractivity contribution is -0.111. The summed E-state index contributed by atoms with van der Waals surface area (Å²) in [5.74, 6) is -0.972. The topological polar surface area (TPSA) is 66.5 Å². The number of carbonyl (C=O) groups is 1. The minimum Gasteiger partial charge on any atom is -0.322 e. The van der Waals surface area contributed by atoms with Gasteiger partial charge in [0.15, 0.2) is 0 Å². The summed E-state index contributed by atoms with van der Waals surface area (Å²) in [5, 5.41) is 2.60. The molecule has 5 nitrogen and oxygen atoms in total. The monoisotopic (exact) mass is 408 g/mol. The van der Waals surface area contributed by atoms with Gasteiger partial charge in [-0.05, 0) is 54.8 Å². The van der Waals surface area contributed by atoms with Gasteiger partial charge < -0.3 is 5.32 Å². The fourth-order valence-electron chi connectivity index (χ4n) is 2.78. The highest BCUT2D eigenvalue weighted by Crippen LogP contribution is 2.23. The largest absolute Gasteiger partial charge is 0.322 e. The van der Waals surface area contributed by atoms with E-state index in [4.69, 9.17) is 11.6 Å². The Morgan fingerprint density at radius 1 is 1.15 bits per heavy atom. The summed E-state index contributed by atoms with van der Waals surface area (Å²) in [5.41, 5.74) is 0.948. The van der Waals surface area contributed by atoms with Gasteiger partial charge in [-0.25, -0.2) is 12.8 Å². The number of hydrogen-bond acceptors (Lipinski definition) is 3. The minimum atomic E-state index is -3.55. The first-order valence-corrected chi connectivity index (χ1v) is 10.2. The zero-order valence-electron chi connectivity index (χ0n) is 14.4. The lowest BCUT2D eigenvalue weighted by atomic mass is 10.2. The molecule has 0 bridgehead atoms. The molecule has 1 N–H and O–H groups in total. The van der Waals surface area contributed by atoms with Crippen molar-refractivity contribution in [3.05, 3.63) is 64.9 Å². The second-order valence-electron chi connectivity index (χ2n) is 6.14.